The normalized spacial score (nSPS) is 12.3. The number of methoxy groups -OCH3 is 1. The highest BCUT2D eigenvalue weighted by atomic mass is 16.5. The van der Waals surface area contributed by atoms with Crippen molar-refractivity contribution in [3.05, 3.63) is 0 Å². The molecule has 0 spiro atoms. The summed E-state index contributed by atoms with van der Waals surface area (Å²) in [4.78, 5) is 26.5. The molecule has 0 aromatic carbocycles. The van der Waals surface area contributed by atoms with Crippen LogP contribution >= 0.6 is 0 Å². The summed E-state index contributed by atoms with van der Waals surface area (Å²) in [5, 5.41) is 12.3. The molecule has 0 aromatic heterocycles. The minimum atomic E-state index is -0.629. The molecule has 0 saturated heterocycles. The van der Waals surface area contributed by atoms with Crippen molar-refractivity contribution in [1.82, 2.24) is 15.1 Å². The van der Waals surface area contributed by atoms with E-state index in [1.807, 2.05) is 6.92 Å². The van der Waals surface area contributed by atoms with E-state index in [0.29, 0.717) is 13.1 Å². The Balaban J connectivity index is 4.02. The molecule has 0 aromatic rings. The molecule has 20 heavy (non-hydrogen) atoms. The molecule has 0 aliphatic heterocycles. The van der Waals surface area contributed by atoms with E-state index in [2.05, 4.69) is 5.32 Å². The van der Waals surface area contributed by atoms with Gasteiger partial charge in [-0.2, -0.15) is 0 Å². The predicted molar refractivity (Wildman–Crippen MR) is 76.3 cm³/mol. The smallest absolute Gasteiger partial charge is 0.239 e. The third-order valence-electron chi connectivity index (χ3n) is 2.67. The molecule has 2 amide bonds. The fraction of sp³-hybridized carbons (Fsp3) is 0.846. The molecule has 0 rings (SSSR count). The van der Waals surface area contributed by atoms with Crippen molar-refractivity contribution in [2.24, 2.45) is 0 Å². The minimum Gasteiger partial charge on any atom is -0.389 e. The summed E-state index contributed by atoms with van der Waals surface area (Å²) in [5.74, 6) is -0.325. The summed E-state index contributed by atoms with van der Waals surface area (Å²) in [6.07, 6.45) is 0.236. The number of aliphatic hydroxyl groups excluding tert-OH is 1. The molecule has 0 fully saturated rings. The average molecular weight is 289 g/mol. The Morgan fingerprint density at radius 2 is 1.95 bits per heavy atom. The number of rotatable bonds is 10. The Hall–Kier alpha value is -1.18. The maximum atomic E-state index is 11.9. The molecular weight excluding hydrogens is 262 g/mol. The Labute approximate surface area is 120 Å². The van der Waals surface area contributed by atoms with Crippen molar-refractivity contribution in [3.63, 3.8) is 0 Å². The van der Waals surface area contributed by atoms with Crippen molar-refractivity contribution in [1.29, 1.82) is 0 Å². The van der Waals surface area contributed by atoms with Crippen LogP contribution in [0, 0.1) is 0 Å². The molecule has 0 bridgehead atoms. The van der Waals surface area contributed by atoms with Gasteiger partial charge in [0.2, 0.25) is 11.8 Å². The molecule has 2 N–H and O–H groups in total. The van der Waals surface area contributed by atoms with Gasteiger partial charge in [0.1, 0.15) is 0 Å². The van der Waals surface area contributed by atoms with E-state index < -0.39 is 6.10 Å². The number of amides is 2. The Kier molecular flexibility index (Phi) is 9.96. The zero-order valence-electron chi connectivity index (χ0n) is 12.9. The van der Waals surface area contributed by atoms with E-state index in [9.17, 15) is 14.7 Å². The number of nitrogens with zero attached hydrogens (tertiary/aromatic N) is 2. The Morgan fingerprint density at radius 3 is 2.50 bits per heavy atom. The largest absolute Gasteiger partial charge is 0.389 e. The van der Waals surface area contributed by atoms with Gasteiger partial charge in [-0.05, 0) is 13.5 Å². The first-order valence-corrected chi connectivity index (χ1v) is 6.76. The first-order valence-electron chi connectivity index (χ1n) is 6.76. The molecule has 7 nitrogen and oxygen atoms in total. The molecule has 0 aliphatic carbocycles. The van der Waals surface area contributed by atoms with Crippen molar-refractivity contribution in [3.8, 4) is 0 Å². The molecule has 118 valence electrons. The van der Waals surface area contributed by atoms with E-state index >= 15 is 0 Å². The highest BCUT2D eigenvalue weighted by molar-refractivity contribution is 5.85. The molecule has 0 aliphatic rings. The lowest BCUT2D eigenvalue weighted by Gasteiger charge is -2.23. The molecule has 1 atom stereocenters. The third-order valence-corrected chi connectivity index (χ3v) is 2.67. The average Bonchev–Trinajstić information content (AvgIpc) is 2.36. The number of carbonyl (C=O) groups is 2. The van der Waals surface area contributed by atoms with Crippen molar-refractivity contribution < 1.29 is 19.4 Å². The fourth-order valence-corrected chi connectivity index (χ4v) is 1.64. The predicted octanol–water partition coefficient (Wildman–Crippen LogP) is -1.09. The van der Waals surface area contributed by atoms with Crippen LogP contribution in [0.2, 0.25) is 0 Å². The zero-order valence-corrected chi connectivity index (χ0v) is 12.9. The number of hydrogen-bond acceptors (Lipinski definition) is 5. The Morgan fingerprint density at radius 1 is 1.30 bits per heavy atom. The number of hydrogen-bond donors (Lipinski definition) is 2. The van der Waals surface area contributed by atoms with Gasteiger partial charge >= 0.3 is 0 Å². The maximum absolute atomic E-state index is 11.9. The van der Waals surface area contributed by atoms with E-state index in [0.717, 1.165) is 6.42 Å². The van der Waals surface area contributed by atoms with Gasteiger partial charge in [0.15, 0.2) is 0 Å². The SMILES string of the molecule is CCCNC(=O)CN(C)C(=O)CN(C)CC(O)COC. The van der Waals surface area contributed by atoms with E-state index in [1.165, 1.54) is 12.0 Å². The van der Waals surface area contributed by atoms with E-state index in [-0.39, 0.29) is 31.5 Å². The summed E-state index contributed by atoms with van der Waals surface area (Å²) in [6.45, 7) is 3.36. The maximum Gasteiger partial charge on any atom is 0.239 e. The first-order chi connectivity index (χ1) is 9.40. The minimum absolute atomic E-state index is 0.0489. The second-order valence-electron chi connectivity index (χ2n) is 4.91. The first kappa shape index (κ1) is 18.8. The second kappa shape index (κ2) is 10.6. The fourth-order valence-electron chi connectivity index (χ4n) is 1.64. The summed E-state index contributed by atoms with van der Waals surface area (Å²) in [6, 6.07) is 0. The summed E-state index contributed by atoms with van der Waals surface area (Å²) in [5.41, 5.74) is 0. The lowest BCUT2D eigenvalue weighted by Crippen LogP contribution is -2.44. The van der Waals surface area contributed by atoms with Gasteiger partial charge in [0, 0.05) is 27.2 Å². The molecule has 0 radical (unpaired) electrons. The molecule has 0 heterocycles. The lowest BCUT2D eigenvalue weighted by atomic mass is 10.3. The van der Waals surface area contributed by atoms with Gasteiger partial charge in [-0.1, -0.05) is 6.92 Å². The number of aliphatic hydroxyl groups is 1. The van der Waals surface area contributed by atoms with Crippen LogP contribution < -0.4 is 5.32 Å². The topological polar surface area (TPSA) is 82.1 Å². The van der Waals surface area contributed by atoms with Gasteiger partial charge in [-0.15, -0.1) is 0 Å². The van der Waals surface area contributed by atoms with E-state index in [1.54, 1.807) is 19.0 Å². The van der Waals surface area contributed by atoms with Crippen LogP contribution in [-0.4, -0.2) is 86.8 Å². The quantitative estimate of drug-likeness (QED) is 0.534. The van der Waals surface area contributed by atoms with Gasteiger partial charge in [0.05, 0.1) is 25.8 Å². The van der Waals surface area contributed by atoms with Crippen LogP contribution in [0.5, 0.6) is 0 Å². The third kappa shape index (κ3) is 8.84. The van der Waals surface area contributed by atoms with Crippen LogP contribution in [-0.2, 0) is 14.3 Å². The van der Waals surface area contributed by atoms with Crippen molar-refractivity contribution in [2.75, 3.05) is 54.0 Å². The van der Waals surface area contributed by atoms with Crippen LogP contribution in [0.15, 0.2) is 0 Å². The van der Waals surface area contributed by atoms with Crippen LogP contribution in [0.4, 0.5) is 0 Å². The summed E-state index contributed by atoms with van der Waals surface area (Å²) in [7, 11) is 4.84. The number of nitrogens with one attached hydrogen (secondary N) is 1. The van der Waals surface area contributed by atoms with E-state index in [4.69, 9.17) is 4.74 Å². The second-order valence-corrected chi connectivity index (χ2v) is 4.91. The van der Waals surface area contributed by atoms with Gasteiger partial charge in [-0.3, -0.25) is 14.5 Å². The van der Waals surface area contributed by atoms with Crippen LogP contribution in [0.25, 0.3) is 0 Å². The zero-order chi connectivity index (χ0) is 15.5. The van der Waals surface area contributed by atoms with Gasteiger partial charge in [-0.25, -0.2) is 0 Å². The number of ether oxygens (including phenoxy) is 1. The van der Waals surface area contributed by atoms with Crippen LogP contribution in [0.3, 0.4) is 0 Å². The number of carbonyl (C=O) groups excluding carboxylic acids is 2. The Bertz CT molecular complexity index is 299. The standard InChI is InChI=1S/C13H27N3O4/c1-5-6-14-12(18)8-16(3)13(19)9-15(2)7-11(17)10-20-4/h11,17H,5-10H2,1-4H3,(H,14,18). The van der Waals surface area contributed by atoms with Crippen molar-refractivity contribution in [2.45, 2.75) is 19.4 Å². The molecule has 1 unspecified atom stereocenters. The summed E-state index contributed by atoms with van der Waals surface area (Å²) < 4.78 is 4.82. The lowest BCUT2D eigenvalue weighted by molar-refractivity contribution is -0.135. The summed E-state index contributed by atoms with van der Waals surface area (Å²) >= 11 is 0. The van der Waals surface area contributed by atoms with Gasteiger partial charge in [0.25, 0.3) is 0 Å². The molecule has 0 saturated carbocycles. The molecule has 7 heteroatoms. The van der Waals surface area contributed by atoms with Crippen molar-refractivity contribution >= 4 is 11.8 Å². The van der Waals surface area contributed by atoms with Gasteiger partial charge < -0.3 is 20.1 Å². The highest BCUT2D eigenvalue weighted by Crippen LogP contribution is 1.93. The monoisotopic (exact) mass is 289 g/mol. The van der Waals surface area contributed by atoms with Crippen LogP contribution in [0.1, 0.15) is 13.3 Å². The highest BCUT2D eigenvalue weighted by Gasteiger charge is 2.16. The number of likely N-dealkylation sites (N-methyl/N-ethyl adjacent to an activating group) is 2. The molecular formula is C13H27N3O4.